The Morgan fingerprint density at radius 1 is 1.08 bits per heavy atom. The van der Waals surface area contributed by atoms with Crippen LogP contribution in [0.3, 0.4) is 0 Å². The van der Waals surface area contributed by atoms with E-state index < -0.39 is 17.2 Å². The first-order valence-electron chi connectivity index (χ1n) is 14.0. The highest BCUT2D eigenvalue weighted by Crippen LogP contribution is 2.57. The lowest BCUT2D eigenvalue weighted by Crippen LogP contribution is -2.69. The van der Waals surface area contributed by atoms with E-state index in [9.17, 15) is 19.1 Å². The van der Waals surface area contributed by atoms with Gasteiger partial charge in [0, 0.05) is 29.8 Å². The van der Waals surface area contributed by atoms with Crippen molar-refractivity contribution < 1.29 is 28.6 Å². The predicted octanol–water partition coefficient (Wildman–Crippen LogP) is 4.42. The van der Waals surface area contributed by atoms with E-state index in [1.54, 1.807) is 13.0 Å². The minimum atomic E-state index is -0.785. The van der Waals surface area contributed by atoms with Gasteiger partial charge in [0.1, 0.15) is 5.75 Å². The molecule has 0 spiro atoms. The molecule has 0 heterocycles. The number of carboxylic acids is 1. The topological polar surface area (TPSA) is 96.9 Å². The smallest absolute Gasteiger partial charge is 0.309 e. The zero-order valence-corrected chi connectivity index (χ0v) is 21.9. The molecule has 4 atom stereocenters. The molecule has 0 saturated heterocycles. The molecular formula is C29H39FN2O5. The number of methoxy groups -OCH3 is 1. The van der Waals surface area contributed by atoms with Gasteiger partial charge in [-0.15, -0.1) is 0 Å². The Balaban J connectivity index is 1.12. The monoisotopic (exact) mass is 514 g/mol. The zero-order chi connectivity index (χ0) is 25.9. The van der Waals surface area contributed by atoms with Crippen molar-refractivity contribution in [1.29, 1.82) is 0 Å². The molecule has 8 heteroatoms. The molecule has 3 N–H and O–H groups in total. The van der Waals surface area contributed by atoms with Crippen molar-refractivity contribution in [3.63, 3.8) is 0 Å². The molecule has 7 nitrogen and oxygen atoms in total. The first kappa shape index (κ1) is 25.0. The summed E-state index contributed by atoms with van der Waals surface area (Å²) in [7, 11) is 1.53. The molecule has 1 aromatic rings. The average molecular weight is 515 g/mol. The number of ether oxygens (including phenoxy) is 2. The molecule has 6 aliphatic carbocycles. The Kier molecular flexibility index (Phi) is 6.16. The molecule has 6 aliphatic rings. The number of aliphatic carboxylic acids is 1. The fraction of sp³-hybridized carbons (Fsp3) is 0.724. The van der Waals surface area contributed by atoms with Gasteiger partial charge in [-0.2, -0.15) is 0 Å². The summed E-state index contributed by atoms with van der Waals surface area (Å²) in [5.74, 6) is 1.31. The van der Waals surface area contributed by atoms with Crippen LogP contribution in [0.5, 0.6) is 11.5 Å². The fourth-order valence-electron chi connectivity index (χ4n) is 7.90. The average Bonchev–Trinajstić information content (AvgIpc) is 3.44. The van der Waals surface area contributed by atoms with Crippen LogP contribution >= 0.6 is 0 Å². The number of carboxylic acid groups (broad SMARTS) is 1. The van der Waals surface area contributed by atoms with Gasteiger partial charge in [0.2, 0.25) is 5.91 Å². The molecule has 6 saturated carbocycles. The predicted molar refractivity (Wildman–Crippen MR) is 135 cm³/mol. The summed E-state index contributed by atoms with van der Waals surface area (Å²) in [6.45, 7) is 2.23. The number of carbonyl (C=O) groups excluding carboxylic acids is 1. The van der Waals surface area contributed by atoms with E-state index in [1.807, 2.05) is 0 Å². The maximum atomic E-state index is 14.9. The maximum absolute atomic E-state index is 14.9. The number of carbonyl (C=O) groups is 2. The van der Waals surface area contributed by atoms with Gasteiger partial charge in [0.05, 0.1) is 24.5 Å². The third-order valence-corrected chi connectivity index (χ3v) is 10.4. The number of hydrogen-bond donors (Lipinski definition) is 3. The third-order valence-electron chi connectivity index (χ3n) is 10.4. The van der Waals surface area contributed by atoms with Crippen LogP contribution in [0.2, 0.25) is 0 Å². The van der Waals surface area contributed by atoms with E-state index in [-0.39, 0.29) is 35.3 Å². The van der Waals surface area contributed by atoms with E-state index in [4.69, 9.17) is 9.47 Å². The second-order valence-electron chi connectivity index (χ2n) is 12.8. The molecule has 0 aromatic heterocycles. The number of halogens is 1. The molecule has 1 aromatic carbocycles. The van der Waals surface area contributed by atoms with Gasteiger partial charge >= 0.3 is 5.97 Å². The lowest BCUT2D eigenvalue weighted by atomic mass is 9.50. The molecule has 4 bridgehead atoms. The van der Waals surface area contributed by atoms with E-state index in [0.29, 0.717) is 49.8 Å². The summed E-state index contributed by atoms with van der Waals surface area (Å²) in [5.41, 5.74) is 0.142. The third kappa shape index (κ3) is 4.39. The number of amides is 1. The van der Waals surface area contributed by atoms with Gasteiger partial charge in [-0.25, -0.2) is 4.39 Å². The Hall–Kier alpha value is -2.35. The molecule has 6 fully saturated rings. The van der Waals surface area contributed by atoms with E-state index in [2.05, 4.69) is 10.6 Å². The summed E-state index contributed by atoms with van der Waals surface area (Å²) in [4.78, 5) is 24.9. The first-order chi connectivity index (χ1) is 17.7. The molecule has 37 heavy (non-hydrogen) atoms. The van der Waals surface area contributed by atoms with Gasteiger partial charge in [-0.1, -0.05) is 0 Å². The van der Waals surface area contributed by atoms with E-state index in [0.717, 1.165) is 50.0 Å². The Bertz CT molecular complexity index is 1070. The summed E-state index contributed by atoms with van der Waals surface area (Å²) in [6, 6.07) is 3.18. The van der Waals surface area contributed by atoms with Crippen molar-refractivity contribution in [3.05, 3.63) is 23.5 Å². The standard InChI is InChI=1S/C29H39FN2O5/c1-28(27(34)35)7-5-20(6-8-28)37-23-10-19(22(36-2)11-21(23)30)15-31-25-18-4-3-17(9-18)24(25)26(33)32-29-12-16(13-29)14-29/h10-11,16-18,20,24-25,31H,3-9,12-15H2,1-2H3,(H,32,33)(H,34,35)/t16?,17-,18+,20-,24+,25-,28+,29?/m1/s1. The van der Waals surface area contributed by atoms with Crippen LogP contribution in [0.1, 0.15) is 76.7 Å². The number of fused-ring (bicyclic) bond motifs is 2. The van der Waals surface area contributed by atoms with E-state index in [1.165, 1.54) is 13.2 Å². The summed E-state index contributed by atoms with van der Waals surface area (Å²) in [6.07, 6.45) is 8.74. The number of benzene rings is 1. The molecule has 202 valence electrons. The maximum Gasteiger partial charge on any atom is 0.309 e. The van der Waals surface area contributed by atoms with Crippen LogP contribution in [0.25, 0.3) is 0 Å². The van der Waals surface area contributed by atoms with Crippen LogP contribution in [-0.2, 0) is 16.1 Å². The first-order valence-corrected chi connectivity index (χ1v) is 14.0. The highest BCUT2D eigenvalue weighted by atomic mass is 19.1. The lowest BCUT2D eigenvalue weighted by Gasteiger charge is -2.62. The molecule has 7 rings (SSSR count). The van der Waals surface area contributed by atoms with Crippen molar-refractivity contribution in [2.45, 2.75) is 95.4 Å². The Morgan fingerprint density at radius 2 is 1.78 bits per heavy atom. The summed E-state index contributed by atoms with van der Waals surface area (Å²) < 4.78 is 26.4. The number of hydrogen-bond acceptors (Lipinski definition) is 5. The van der Waals surface area contributed by atoms with Gasteiger partial charge in [-0.05, 0) is 95.0 Å². The molecule has 0 unspecified atom stereocenters. The van der Waals surface area contributed by atoms with Gasteiger partial charge in [-0.3, -0.25) is 9.59 Å². The van der Waals surface area contributed by atoms with Crippen molar-refractivity contribution in [3.8, 4) is 11.5 Å². The van der Waals surface area contributed by atoms with Gasteiger partial charge in [0.25, 0.3) is 0 Å². The van der Waals surface area contributed by atoms with Crippen LogP contribution in [0.15, 0.2) is 12.1 Å². The second kappa shape index (κ2) is 9.14. The second-order valence-corrected chi connectivity index (χ2v) is 12.8. The summed E-state index contributed by atoms with van der Waals surface area (Å²) >= 11 is 0. The van der Waals surface area contributed by atoms with Crippen molar-refractivity contribution in [2.24, 2.45) is 29.1 Å². The Morgan fingerprint density at radius 3 is 2.41 bits per heavy atom. The minimum absolute atomic E-state index is 0.0132. The zero-order valence-electron chi connectivity index (χ0n) is 21.9. The van der Waals surface area contributed by atoms with Crippen LogP contribution in [0, 0.1) is 34.9 Å². The quantitative estimate of drug-likeness (QED) is 0.452. The highest BCUT2D eigenvalue weighted by Gasteiger charge is 2.59. The van der Waals surface area contributed by atoms with Crippen LogP contribution in [-0.4, -0.2) is 41.8 Å². The molecule has 0 aliphatic heterocycles. The SMILES string of the molecule is COc1cc(F)c(O[C@H]2CC[C@@](C)(C(=O)O)CC2)cc1CN[C@@H]1[C@H]2CC[C@H](C2)[C@@H]1C(=O)NC12CC(C1)C2. The van der Waals surface area contributed by atoms with Crippen molar-refractivity contribution in [2.75, 3.05) is 7.11 Å². The van der Waals surface area contributed by atoms with Crippen molar-refractivity contribution >= 4 is 11.9 Å². The molecule has 1 amide bonds. The number of nitrogens with one attached hydrogen (secondary N) is 2. The normalized spacial score (nSPS) is 39.4. The van der Waals surface area contributed by atoms with Crippen LogP contribution in [0.4, 0.5) is 4.39 Å². The summed E-state index contributed by atoms with van der Waals surface area (Å²) in [5, 5.41) is 16.5. The van der Waals surface area contributed by atoms with Crippen molar-refractivity contribution in [1.82, 2.24) is 10.6 Å². The lowest BCUT2D eigenvalue weighted by molar-refractivity contribution is -0.150. The largest absolute Gasteiger partial charge is 0.496 e. The molecule has 0 radical (unpaired) electrons. The van der Waals surface area contributed by atoms with Gasteiger partial charge < -0.3 is 25.2 Å². The molecular weight excluding hydrogens is 475 g/mol. The van der Waals surface area contributed by atoms with Gasteiger partial charge in [0.15, 0.2) is 11.6 Å². The van der Waals surface area contributed by atoms with Crippen LogP contribution < -0.4 is 20.1 Å². The Labute approximate surface area is 217 Å². The number of rotatable bonds is 9. The minimum Gasteiger partial charge on any atom is -0.496 e. The fourth-order valence-corrected chi connectivity index (χ4v) is 7.90. The highest BCUT2D eigenvalue weighted by molar-refractivity contribution is 5.81. The van der Waals surface area contributed by atoms with E-state index >= 15 is 0 Å².